The van der Waals surface area contributed by atoms with Crippen LogP contribution in [0.3, 0.4) is 0 Å². The molecule has 0 amide bonds. The molecular weight excluding hydrogens is 254 g/mol. The molecule has 102 valence electrons. The van der Waals surface area contributed by atoms with Gasteiger partial charge in [0.15, 0.2) is 0 Å². The van der Waals surface area contributed by atoms with Crippen LogP contribution in [-0.4, -0.2) is 6.61 Å². The first-order chi connectivity index (χ1) is 9.11. The monoisotopic (exact) mass is 275 g/mol. The van der Waals surface area contributed by atoms with Crippen molar-refractivity contribution in [2.75, 3.05) is 11.9 Å². The topological polar surface area (TPSA) is 21.3 Å². The first-order valence-corrected chi connectivity index (χ1v) is 7.48. The number of hydrogen-bond acceptors (Lipinski definition) is 3. The molecule has 1 heterocycles. The van der Waals surface area contributed by atoms with Crippen molar-refractivity contribution in [2.24, 2.45) is 0 Å². The summed E-state index contributed by atoms with van der Waals surface area (Å²) in [5.74, 6) is 0.918. The Labute approximate surface area is 119 Å². The Morgan fingerprint density at radius 1 is 1.26 bits per heavy atom. The average Bonchev–Trinajstić information content (AvgIpc) is 2.71. The van der Waals surface area contributed by atoms with Gasteiger partial charge in [-0.05, 0) is 51.5 Å². The van der Waals surface area contributed by atoms with Crippen molar-refractivity contribution in [3.8, 4) is 5.75 Å². The largest absolute Gasteiger partial charge is 0.492 e. The summed E-state index contributed by atoms with van der Waals surface area (Å²) in [4.78, 5) is 2.74. The molecule has 19 heavy (non-hydrogen) atoms. The van der Waals surface area contributed by atoms with Crippen LogP contribution in [0.25, 0.3) is 0 Å². The van der Waals surface area contributed by atoms with Crippen LogP contribution in [0.1, 0.15) is 35.2 Å². The molecule has 2 rings (SSSR count). The van der Waals surface area contributed by atoms with Crippen LogP contribution < -0.4 is 10.1 Å². The smallest absolute Gasteiger partial charge is 0.142 e. The molecule has 0 spiro atoms. The Morgan fingerprint density at radius 2 is 2.00 bits per heavy atom. The lowest BCUT2D eigenvalue weighted by molar-refractivity contribution is 0.341. The molecule has 1 N–H and O–H groups in total. The lowest BCUT2D eigenvalue weighted by Gasteiger charge is -2.18. The van der Waals surface area contributed by atoms with E-state index < -0.39 is 0 Å². The molecule has 1 unspecified atom stereocenters. The van der Waals surface area contributed by atoms with E-state index in [0.717, 1.165) is 11.4 Å². The maximum atomic E-state index is 5.65. The summed E-state index contributed by atoms with van der Waals surface area (Å²) in [5, 5.41) is 3.55. The fraction of sp³-hybridized carbons (Fsp3) is 0.375. The van der Waals surface area contributed by atoms with Gasteiger partial charge in [-0.1, -0.05) is 12.1 Å². The van der Waals surface area contributed by atoms with Crippen molar-refractivity contribution in [1.29, 1.82) is 0 Å². The zero-order valence-corrected chi connectivity index (χ0v) is 12.8. The van der Waals surface area contributed by atoms with Crippen LogP contribution in [0.15, 0.2) is 30.3 Å². The fourth-order valence-corrected chi connectivity index (χ4v) is 3.28. The van der Waals surface area contributed by atoms with Crippen molar-refractivity contribution >= 4 is 17.0 Å². The molecule has 0 aliphatic rings. The normalized spacial score (nSPS) is 12.2. The van der Waals surface area contributed by atoms with E-state index in [1.807, 2.05) is 36.5 Å². The molecule has 2 aromatic rings. The molecule has 1 aromatic carbocycles. The highest BCUT2D eigenvalue weighted by atomic mass is 32.1. The second kappa shape index (κ2) is 6.11. The zero-order valence-electron chi connectivity index (χ0n) is 12.0. The van der Waals surface area contributed by atoms with E-state index in [4.69, 9.17) is 4.74 Å². The lowest BCUT2D eigenvalue weighted by atomic mass is 10.1. The highest BCUT2D eigenvalue weighted by molar-refractivity contribution is 7.12. The summed E-state index contributed by atoms with van der Waals surface area (Å²) in [6.45, 7) is 9.22. The predicted molar refractivity (Wildman–Crippen MR) is 83.4 cm³/mol. The van der Waals surface area contributed by atoms with Crippen molar-refractivity contribution in [3.05, 3.63) is 45.6 Å². The van der Waals surface area contributed by atoms with E-state index in [1.165, 1.54) is 15.3 Å². The fourth-order valence-electron chi connectivity index (χ4n) is 2.26. The molecule has 0 aliphatic carbocycles. The van der Waals surface area contributed by atoms with E-state index in [0.29, 0.717) is 6.61 Å². The Morgan fingerprint density at radius 3 is 2.63 bits per heavy atom. The Kier molecular flexibility index (Phi) is 4.48. The Hall–Kier alpha value is -1.48. The van der Waals surface area contributed by atoms with Gasteiger partial charge in [0.25, 0.3) is 0 Å². The van der Waals surface area contributed by atoms with E-state index >= 15 is 0 Å². The number of anilines is 1. The SMILES string of the molecule is CCOc1ccccc1NC(C)c1cc(C)sc1C. The Balaban J connectivity index is 2.19. The van der Waals surface area contributed by atoms with Crippen molar-refractivity contribution in [2.45, 2.75) is 33.7 Å². The van der Waals surface area contributed by atoms with Gasteiger partial charge in [0.2, 0.25) is 0 Å². The second-order valence-corrected chi connectivity index (χ2v) is 6.12. The number of rotatable bonds is 5. The van der Waals surface area contributed by atoms with E-state index in [1.54, 1.807) is 0 Å². The van der Waals surface area contributed by atoms with Crippen LogP contribution in [0.2, 0.25) is 0 Å². The van der Waals surface area contributed by atoms with Crippen LogP contribution in [-0.2, 0) is 0 Å². The number of benzene rings is 1. The number of thiophene rings is 1. The summed E-state index contributed by atoms with van der Waals surface area (Å²) in [6, 6.07) is 10.7. The van der Waals surface area contributed by atoms with Crippen molar-refractivity contribution < 1.29 is 4.74 Å². The third-order valence-corrected chi connectivity index (χ3v) is 4.09. The van der Waals surface area contributed by atoms with Gasteiger partial charge in [0.05, 0.1) is 12.3 Å². The zero-order chi connectivity index (χ0) is 13.8. The molecule has 0 bridgehead atoms. The van der Waals surface area contributed by atoms with Gasteiger partial charge in [0.1, 0.15) is 5.75 Å². The van der Waals surface area contributed by atoms with Crippen LogP contribution in [0.5, 0.6) is 5.75 Å². The standard InChI is InChI=1S/C16H21NOS/c1-5-18-16-9-7-6-8-15(16)17-12(3)14-10-11(2)19-13(14)4/h6-10,12,17H,5H2,1-4H3. The summed E-state index contributed by atoms with van der Waals surface area (Å²) < 4.78 is 5.65. The summed E-state index contributed by atoms with van der Waals surface area (Å²) >= 11 is 1.85. The van der Waals surface area contributed by atoms with Gasteiger partial charge in [-0.2, -0.15) is 0 Å². The van der Waals surface area contributed by atoms with E-state index in [2.05, 4.69) is 38.2 Å². The minimum absolute atomic E-state index is 0.284. The maximum absolute atomic E-state index is 5.65. The quantitative estimate of drug-likeness (QED) is 0.834. The molecule has 0 radical (unpaired) electrons. The van der Waals surface area contributed by atoms with Crippen molar-refractivity contribution in [3.63, 3.8) is 0 Å². The highest BCUT2D eigenvalue weighted by Crippen LogP contribution is 2.31. The molecule has 0 aliphatic heterocycles. The minimum Gasteiger partial charge on any atom is -0.492 e. The van der Waals surface area contributed by atoms with Gasteiger partial charge >= 0.3 is 0 Å². The molecule has 2 nitrogen and oxygen atoms in total. The van der Waals surface area contributed by atoms with Crippen LogP contribution in [0.4, 0.5) is 5.69 Å². The number of ether oxygens (including phenoxy) is 1. The minimum atomic E-state index is 0.284. The summed E-state index contributed by atoms with van der Waals surface area (Å²) in [7, 11) is 0. The molecule has 1 atom stereocenters. The van der Waals surface area contributed by atoms with Crippen LogP contribution >= 0.6 is 11.3 Å². The Bertz CT molecular complexity index is 547. The molecule has 1 aromatic heterocycles. The molecular formula is C16H21NOS. The second-order valence-electron chi connectivity index (χ2n) is 4.66. The van der Waals surface area contributed by atoms with Crippen LogP contribution in [0, 0.1) is 13.8 Å². The first-order valence-electron chi connectivity index (χ1n) is 6.67. The molecule has 0 fully saturated rings. The summed E-state index contributed by atoms with van der Waals surface area (Å²) in [6.07, 6.45) is 0. The number of aryl methyl sites for hydroxylation is 2. The lowest BCUT2D eigenvalue weighted by Crippen LogP contribution is -2.08. The van der Waals surface area contributed by atoms with Crippen molar-refractivity contribution in [1.82, 2.24) is 0 Å². The van der Waals surface area contributed by atoms with Gasteiger partial charge in [-0.3, -0.25) is 0 Å². The molecule has 0 saturated heterocycles. The first kappa shape index (κ1) is 13.9. The summed E-state index contributed by atoms with van der Waals surface area (Å²) in [5.41, 5.74) is 2.42. The number of hydrogen-bond donors (Lipinski definition) is 1. The highest BCUT2D eigenvalue weighted by Gasteiger charge is 2.12. The predicted octanol–water partition coefficient (Wildman–Crippen LogP) is 4.94. The molecule has 3 heteroatoms. The van der Waals surface area contributed by atoms with Gasteiger partial charge in [0, 0.05) is 15.8 Å². The van der Waals surface area contributed by atoms with E-state index in [9.17, 15) is 0 Å². The number of nitrogens with one attached hydrogen (secondary N) is 1. The van der Waals surface area contributed by atoms with E-state index in [-0.39, 0.29) is 6.04 Å². The van der Waals surface area contributed by atoms with Gasteiger partial charge < -0.3 is 10.1 Å². The third kappa shape index (κ3) is 3.29. The van der Waals surface area contributed by atoms with Gasteiger partial charge in [-0.15, -0.1) is 11.3 Å². The van der Waals surface area contributed by atoms with Gasteiger partial charge in [-0.25, -0.2) is 0 Å². The molecule has 0 saturated carbocycles. The third-order valence-electron chi connectivity index (χ3n) is 3.10. The maximum Gasteiger partial charge on any atom is 0.142 e. The number of para-hydroxylation sites is 2. The average molecular weight is 275 g/mol.